The second-order valence-corrected chi connectivity index (χ2v) is 12.0. The summed E-state index contributed by atoms with van der Waals surface area (Å²) in [6.07, 6.45) is 1.17. The van der Waals surface area contributed by atoms with Crippen LogP contribution in [0.15, 0.2) is 59.8 Å². The summed E-state index contributed by atoms with van der Waals surface area (Å²) in [6.45, 7) is 8.01. The molecule has 11 nitrogen and oxygen atoms in total. The number of para-hydroxylation sites is 2. The van der Waals surface area contributed by atoms with Crippen molar-refractivity contribution in [2.45, 2.75) is 50.8 Å². The third-order valence-electron chi connectivity index (χ3n) is 6.58. The number of hydrogen-bond donors (Lipinski definition) is 2. The fraction of sp³-hybridized carbons (Fsp3) is 0.400. The Balaban J connectivity index is 1.83. The van der Waals surface area contributed by atoms with Crippen molar-refractivity contribution in [2.75, 3.05) is 38.1 Å². The number of morpholine rings is 1. The van der Waals surface area contributed by atoms with Crippen molar-refractivity contribution in [3.05, 3.63) is 65.9 Å². The van der Waals surface area contributed by atoms with E-state index in [1.165, 1.54) is 31.5 Å². The van der Waals surface area contributed by atoms with E-state index in [1.54, 1.807) is 35.2 Å². The van der Waals surface area contributed by atoms with Gasteiger partial charge in [0.2, 0.25) is 0 Å². The minimum absolute atomic E-state index is 0.0180. The number of benzene rings is 2. The second kappa shape index (κ2) is 13.4. The molecule has 42 heavy (non-hydrogen) atoms. The predicted octanol–water partition coefficient (Wildman–Crippen LogP) is 4.43. The first kappa shape index (κ1) is 31.1. The molecule has 1 saturated heterocycles. The summed E-state index contributed by atoms with van der Waals surface area (Å²) < 4.78 is 52.8. The van der Waals surface area contributed by atoms with Crippen LogP contribution in [0.2, 0.25) is 0 Å². The zero-order valence-electron chi connectivity index (χ0n) is 24.4. The number of aliphatic hydroxyl groups excluding tert-OH is 1. The van der Waals surface area contributed by atoms with Crippen LogP contribution >= 0.6 is 0 Å². The monoisotopic (exact) mass is 599 g/mol. The zero-order valence-corrected chi connectivity index (χ0v) is 25.2. The Morgan fingerprint density at radius 2 is 1.79 bits per heavy atom. The van der Waals surface area contributed by atoms with Crippen LogP contribution in [0.3, 0.4) is 0 Å². The summed E-state index contributed by atoms with van der Waals surface area (Å²) in [5.41, 5.74) is 0.997. The van der Waals surface area contributed by atoms with E-state index in [1.807, 2.05) is 27.7 Å². The van der Waals surface area contributed by atoms with Crippen molar-refractivity contribution in [3.63, 3.8) is 0 Å². The number of carbonyl (C=O) groups is 1. The van der Waals surface area contributed by atoms with Crippen molar-refractivity contribution in [1.82, 2.24) is 9.88 Å². The number of nitrogens with zero attached hydrogens (tertiary/aromatic N) is 2. The number of methoxy groups -OCH3 is 1. The molecule has 12 heteroatoms. The van der Waals surface area contributed by atoms with Crippen LogP contribution in [-0.4, -0.2) is 74.9 Å². The number of rotatable bonds is 11. The molecule has 1 aromatic heterocycles. The average Bonchev–Trinajstić information content (AvgIpc) is 2.96. The van der Waals surface area contributed by atoms with Gasteiger partial charge in [-0.1, -0.05) is 32.0 Å². The van der Waals surface area contributed by atoms with Crippen molar-refractivity contribution >= 4 is 21.6 Å². The zero-order chi connectivity index (χ0) is 30.4. The van der Waals surface area contributed by atoms with Gasteiger partial charge in [-0.2, -0.15) is 8.42 Å². The molecule has 2 unspecified atom stereocenters. The molecule has 1 aliphatic rings. The van der Waals surface area contributed by atoms with Crippen LogP contribution in [-0.2, 0) is 14.8 Å². The molecule has 0 aliphatic carbocycles. The number of aliphatic hydroxyl groups is 1. The maximum absolute atomic E-state index is 13.7. The van der Waals surface area contributed by atoms with E-state index in [4.69, 9.17) is 18.9 Å². The average molecular weight is 600 g/mol. The number of aromatic nitrogens is 1. The van der Waals surface area contributed by atoms with Gasteiger partial charge >= 0.3 is 0 Å². The first-order chi connectivity index (χ1) is 20.0. The Labute approximate surface area is 246 Å². The Kier molecular flexibility index (Phi) is 9.92. The summed E-state index contributed by atoms with van der Waals surface area (Å²) in [6, 6.07) is 12.8. The smallest absolute Gasteiger partial charge is 0.279 e. The molecule has 2 heterocycles. The maximum atomic E-state index is 13.7. The van der Waals surface area contributed by atoms with Gasteiger partial charge in [0.15, 0.2) is 28.0 Å². The van der Waals surface area contributed by atoms with Crippen LogP contribution in [0.4, 0.5) is 5.69 Å². The second-order valence-electron chi connectivity index (χ2n) is 10.3. The Bertz CT molecular complexity index is 1480. The molecule has 1 aliphatic heterocycles. The van der Waals surface area contributed by atoms with Gasteiger partial charge in [0.1, 0.15) is 6.61 Å². The highest BCUT2D eigenvalue weighted by Gasteiger charge is 2.30. The third-order valence-corrected chi connectivity index (χ3v) is 7.86. The highest BCUT2D eigenvalue weighted by Crippen LogP contribution is 2.43. The molecule has 0 bridgehead atoms. The highest BCUT2D eigenvalue weighted by atomic mass is 32.2. The Morgan fingerprint density at radius 3 is 2.38 bits per heavy atom. The standard InChI is InChI=1S/C30H37N3O8S/c1-19(2)22-10-11-28(31-16-22)42(36,37)32-24-14-23(30(35)33-17-20(3)40-21(4)18-33)15-27(39-13-12-34)29(24)41-26-9-7-6-8-25(26)38-5/h6-11,14-16,19-21,32,34H,12-13,17-18H2,1-5H3. The molecular formula is C30H37N3O8S. The predicted molar refractivity (Wildman–Crippen MR) is 157 cm³/mol. The van der Waals surface area contributed by atoms with E-state index in [-0.39, 0.29) is 70.8 Å². The fourth-order valence-electron chi connectivity index (χ4n) is 4.60. The lowest BCUT2D eigenvalue weighted by Gasteiger charge is -2.35. The molecule has 2 aromatic carbocycles. The molecule has 0 radical (unpaired) electrons. The van der Waals surface area contributed by atoms with Gasteiger partial charge in [0.25, 0.3) is 15.9 Å². The van der Waals surface area contributed by atoms with Gasteiger partial charge in [-0.15, -0.1) is 0 Å². The molecule has 4 rings (SSSR count). The first-order valence-electron chi connectivity index (χ1n) is 13.7. The van der Waals surface area contributed by atoms with E-state index in [9.17, 15) is 18.3 Å². The number of anilines is 1. The number of hydrogen-bond acceptors (Lipinski definition) is 9. The molecule has 0 spiro atoms. The molecule has 1 amide bonds. The van der Waals surface area contributed by atoms with E-state index >= 15 is 0 Å². The number of ether oxygens (including phenoxy) is 4. The van der Waals surface area contributed by atoms with E-state index in [2.05, 4.69) is 9.71 Å². The molecule has 2 N–H and O–H groups in total. The van der Waals surface area contributed by atoms with Gasteiger partial charge in [-0.05, 0) is 55.7 Å². The van der Waals surface area contributed by atoms with E-state index in [0.29, 0.717) is 18.8 Å². The third kappa shape index (κ3) is 7.30. The number of amides is 1. The minimum Gasteiger partial charge on any atom is -0.493 e. The number of pyridine rings is 1. The molecular weight excluding hydrogens is 562 g/mol. The van der Waals surface area contributed by atoms with E-state index in [0.717, 1.165) is 5.56 Å². The summed E-state index contributed by atoms with van der Waals surface area (Å²) in [5, 5.41) is 9.29. The van der Waals surface area contributed by atoms with Gasteiger partial charge in [0, 0.05) is 24.8 Å². The quantitative estimate of drug-likeness (QED) is 0.328. The fourth-order valence-corrected chi connectivity index (χ4v) is 5.58. The number of nitrogens with one attached hydrogen (secondary N) is 1. The normalized spacial score (nSPS) is 17.2. The number of carbonyl (C=O) groups excluding carboxylic acids is 1. The largest absolute Gasteiger partial charge is 0.493 e. The van der Waals surface area contributed by atoms with Gasteiger partial charge in [-0.3, -0.25) is 9.52 Å². The summed E-state index contributed by atoms with van der Waals surface area (Å²) >= 11 is 0. The van der Waals surface area contributed by atoms with Crippen molar-refractivity contribution < 1.29 is 37.3 Å². The van der Waals surface area contributed by atoms with Crippen molar-refractivity contribution in [3.8, 4) is 23.0 Å². The van der Waals surface area contributed by atoms with Crippen molar-refractivity contribution in [2.24, 2.45) is 0 Å². The molecule has 0 saturated carbocycles. The summed E-state index contributed by atoms with van der Waals surface area (Å²) in [7, 11) is -2.75. The SMILES string of the molecule is COc1ccccc1Oc1c(NS(=O)(=O)c2ccc(C(C)C)cn2)cc(C(=O)N2CC(C)OC(C)C2)cc1OCCO. The molecule has 226 valence electrons. The summed E-state index contributed by atoms with van der Waals surface area (Å²) in [5.74, 6) is 0.536. The Morgan fingerprint density at radius 1 is 1.10 bits per heavy atom. The molecule has 1 fully saturated rings. The van der Waals surface area contributed by atoms with Crippen LogP contribution in [0, 0.1) is 0 Å². The topological polar surface area (TPSA) is 137 Å². The highest BCUT2D eigenvalue weighted by molar-refractivity contribution is 7.92. The van der Waals surface area contributed by atoms with Crippen LogP contribution in [0.1, 0.15) is 49.5 Å². The van der Waals surface area contributed by atoms with Gasteiger partial charge in [0.05, 0.1) is 31.6 Å². The summed E-state index contributed by atoms with van der Waals surface area (Å²) in [4.78, 5) is 19.5. The lowest BCUT2D eigenvalue weighted by atomic mass is 10.1. The minimum atomic E-state index is -4.23. The van der Waals surface area contributed by atoms with Crippen LogP contribution < -0.4 is 18.9 Å². The van der Waals surface area contributed by atoms with Gasteiger partial charge < -0.3 is 29.0 Å². The number of sulfonamides is 1. The lowest BCUT2D eigenvalue weighted by molar-refractivity contribution is -0.0586. The van der Waals surface area contributed by atoms with Crippen molar-refractivity contribution in [1.29, 1.82) is 0 Å². The maximum Gasteiger partial charge on any atom is 0.279 e. The molecule has 2 atom stereocenters. The van der Waals surface area contributed by atoms with Crippen LogP contribution in [0.25, 0.3) is 0 Å². The lowest BCUT2D eigenvalue weighted by Crippen LogP contribution is -2.48. The first-order valence-corrected chi connectivity index (χ1v) is 15.2. The van der Waals surface area contributed by atoms with Crippen LogP contribution in [0.5, 0.6) is 23.0 Å². The van der Waals surface area contributed by atoms with Gasteiger partial charge in [-0.25, -0.2) is 4.98 Å². The Hall–Kier alpha value is -3.87. The van der Waals surface area contributed by atoms with E-state index < -0.39 is 10.0 Å². The molecule has 3 aromatic rings.